The molecule has 0 saturated carbocycles. The highest BCUT2D eigenvalue weighted by molar-refractivity contribution is 9.10. The van der Waals surface area contributed by atoms with Gasteiger partial charge in [-0.2, -0.15) is 0 Å². The van der Waals surface area contributed by atoms with Gasteiger partial charge in [-0.15, -0.1) is 0 Å². The Morgan fingerprint density at radius 2 is 1.69 bits per heavy atom. The summed E-state index contributed by atoms with van der Waals surface area (Å²) in [6, 6.07) is 21.9. The van der Waals surface area contributed by atoms with Gasteiger partial charge in [-0.05, 0) is 47.5 Å². The van der Waals surface area contributed by atoms with Crippen LogP contribution in [0.5, 0.6) is 11.5 Å². The van der Waals surface area contributed by atoms with Crippen LogP contribution in [0.3, 0.4) is 0 Å². The molecule has 4 rings (SSSR count). The van der Waals surface area contributed by atoms with Crippen molar-refractivity contribution in [1.82, 2.24) is 4.90 Å². The lowest BCUT2D eigenvalue weighted by Crippen LogP contribution is -2.20. The Morgan fingerprint density at radius 1 is 1.00 bits per heavy atom. The third-order valence-corrected chi connectivity index (χ3v) is 6.61. The lowest BCUT2D eigenvalue weighted by molar-refractivity contribution is 0.323. The van der Waals surface area contributed by atoms with Crippen LogP contribution in [0, 0.1) is 0 Å². The zero-order chi connectivity index (χ0) is 20.4. The molecule has 1 fully saturated rings. The number of aromatic hydroxyl groups is 1. The van der Waals surface area contributed by atoms with Crippen LogP contribution in [-0.4, -0.2) is 30.2 Å². The first-order chi connectivity index (χ1) is 14.0. The molecule has 1 aliphatic rings. The van der Waals surface area contributed by atoms with Crippen molar-refractivity contribution in [2.75, 3.05) is 20.2 Å². The first-order valence-electron chi connectivity index (χ1n) is 9.63. The van der Waals surface area contributed by atoms with Crippen molar-refractivity contribution in [3.8, 4) is 11.5 Å². The number of methoxy groups -OCH3 is 1. The number of benzene rings is 3. The van der Waals surface area contributed by atoms with Gasteiger partial charge >= 0.3 is 0 Å². The predicted octanol–water partition coefficient (Wildman–Crippen LogP) is 6.20. The molecule has 2 unspecified atom stereocenters. The molecule has 0 spiro atoms. The first kappa shape index (κ1) is 20.3. The summed E-state index contributed by atoms with van der Waals surface area (Å²) in [6.45, 7) is 2.61. The third kappa shape index (κ3) is 4.45. The first-order valence-corrected chi connectivity index (χ1v) is 10.8. The normalized spacial score (nSPS) is 19.4. The highest BCUT2D eigenvalue weighted by atomic mass is 79.9. The molecule has 3 aromatic carbocycles. The fraction of sp³-hybridized carbons (Fsp3) is 0.250. The maximum absolute atomic E-state index is 10.6. The minimum absolute atomic E-state index is 0.158. The molecule has 2 atom stereocenters. The number of phenolic OH excluding ortho intramolecular Hbond substituents is 1. The molecule has 29 heavy (non-hydrogen) atoms. The number of nitrogens with zero attached hydrogens (tertiary/aromatic N) is 1. The number of likely N-dealkylation sites (tertiary alicyclic amines) is 1. The van der Waals surface area contributed by atoms with Crippen LogP contribution in [0.2, 0.25) is 5.02 Å². The van der Waals surface area contributed by atoms with Crippen molar-refractivity contribution in [1.29, 1.82) is 0 Å². The molecule has 150 valence electrons. The summed E-state index contributed by atoms with van der Waals surface area (Å²) in [5.74, 6) is 1.59. The minimum atomic E-state index is 0.158. The second kappa shape index (κ2) is 8.78. The van der Waals surface area contributed by atoms with E-state index in [2.05, 4.69) is 51.2 Å². The van der Waals surface area contributed by atoms with Crippen molar-refractivity contribution >= 4 is 27.5 Å². The molecule has 1 N–H and O–H groups in total. The molecule has 1 heterocycles. The summed E-state index contributed by atoms with van der Waals surface area (Å²) in [5, 5.41) is 11.2. The molecule has 0 amide bonds. The van der Waals surface area contributed by atoms with Crippen molar-refractivity contribution in [3.63, 3.8) is 0 Å². The second-order valence-electron chi connectivity index (χ2n) is 7.48. The van der Waals surface area contributed by atoms with E-state index in [0.717, 1.165) is 35.4 Å². The maximum Gasteiger partial charge on any atom is 0.119 e. The van der Waals surface area contributed by atoms with E-state index in [-0.39, 0.29) is 11.8 Å². The summed E-state index contributed by atoms with van der Waals surface area (Å²) < 4.78 is 6.37. The van der Waals surface area contributed by atoms with Gasteiger partial charge in [0.25, 0.3) is 0 Å². The lowest BCUT2D eigenvalue weighted by atomic mass is 9.84. The van der Waals surface area contributed by atoms with Gasteiger partial charge in [-0.3, -0.25) is 4.90 Å². The number of rotatable bonds is 5. The number of hydrogen-bond donors (Lipinski definition) is 1. The molecular weight excluding hydrogens is 450 g/mol. The smallest absolute Gasteiger partial charge is 0.119 e. The van der Waals surface area contributed by atoms with E-state index in [0.29, 0.717) is 10.8 Å². The molecule has 3 aromatic rings. The fourth-order valence-electron chi connectivity index (χ4n) is 4.23. The van der Waals surface area contributed by atoms with Crippen LogP contribution < -0.4 is 4.74 Å². The average molecular weight is 473 g/mol. The fourth-order valence-corrected chi connectivity index (χ4v) is 4.99. The Labute approximate surface area is 185 Å². The van der Waals surface area contributed by atoms with Crippen LogP contribution >= 0.6 is 27.5 Å². The summed E-state index contributed by atoms with van der Waals surface area (Å²) in [6.07, 6.45) is 0. The Hall–Kier alpha value is -2.01. The SMILES string of the molecule is COc1ccc(CN2CC(c3cc(Cl)ccc3O)C(c3ccccc3Br)C2)cc1. The minimum Gasteiger partial charge on any atom is -0.508 e. The van der Waals surface area contributed by atoms with E-state index in [1.165, 1.54) is 11.1 Å². The highest BCUT2D eigenvalue weighted by Gasteiger charge is 2.37. The summed E-state index contributed by atoms with van der Waals surface area (Å²) in [7, 11) is 1.68. The summed E-state index contributed by atoms with van der Waals surface area (Å²) in [5.41, 5.74) is 3.41. The lowest BCUT2D eigenvalue weighted by Gasteiger charge is -2.21. The Bertz CT molecular complexity index is 992. The van der Waals surface area contributed by atoms with Crippen LogP contribution in [0.4, 0.5) is 0 Å². The zero-order valence-electron chi connectivity index (χ0n) is 16.2. The molecule has 3 nitrogen and oxygen atoms in total. The topological polar surface area (TPSA) is 32.7 Å². The second-order valence-corrected chi connectivity index (χ2v) is 8.77. The van der Waals surface area contributed by atoms with Gasteiger partial charge in [0.05, 0.1) is 7.11 Å². The number of phenols is 1. The average Bonchev–Trinajstić information content (AvgIpc) is 3.14. The van der Waals surface area contributed by atoms with E-state index in [1.54, 1.807) is 19.2 Å². The van der Waals surface area contributed by atoms with Crippen LogP contribution in [0.25, 0.3) is 0 Å². The van der Waals surface area contributed by atoms with E-state index < -0.39 is 0 Å². The molecule has 1 saturated heterocycles. The molecule has 1 aliphatic heterocycles. The number of hydrogen-bond acceptors (Lipinski definition) is 3. The molecule has 0 aliphatic carbocycles. The monoisotopic (exact) mass is 471 g/mol. The Kier molecular flexibility index (Phi) is 6.14. The largest absolute Gasteiger partial charge is 0.508 e. The zero-order valence-corrected chi connectivity index (χ0v) is 18.5. The standard InChI is InChI=1S/C24H23BrClNO2/c1-29-18-9-6-16(7-10-18)13-27-14-21(19-4-2-3-5-23(19)25)22(15-27)20-12-17(26)8-11-24(20)28/h2-12,21-22,28H,13-15H2,1H3. The van der Waals surface area contributed by atoms with E-state index in [1.807, 2.05) is 24.3 Å². The van der Waals surface area contributed by atoms with Gasteiger partial charge in [0.2, 0.25) is 0 Å². The highest BCUT2D eigenvalue weighted by Crippen LogP contribution is 2.45. The van der Waals surface area contributed by atoms with Crippen LogP contribution in [0.1, 0.15) is 28.5 Å². The van der Waals surface area contributed by atoms with Gasteiger partial charge in [0, 0.05) is 46.5 Å². The summed E-state index contributed by atoms with van der Waals surface area (Å²) >= 11 is 9.99. The molecular formula is C24H23BrClNO2. The van der Waals surface area contributed by atoms with Gasteiger partial charge < -0.3 is 9.84 Å². The van der Waals surface area contributed by atoms with Crippen molar-refractivity contribution in [2.24, 2.45) is 0 Å². The maximum atomic E-state index is 10.6. The quantitative estimate of drug-likeness (QED) is 0.480. The van der Waals surface area contributed by atoms with Crippen molar-refractivity contribution in [3.05, 3.63) is 92.9 Å². The predicted molar refractivity (Wildman–Crippen MR) is 121 cm³/mol. The summed E-state index contributed by atoms with van der Waals surface area (Å²) in [4.78, 5) is 2.44. The molecule has 0 radical (unpaired) electrons. The Morgan fingerprint density at radius 3 is 2.38 bits per heavy atom. The van der Waals surface area contributed by atoms with E-state index >= 15 is 0 Å². The van der Waals surface area contributed by atoms with Gasteiger partial charge in [0.15, 0.2) is 0 Å². The van der Waals surface area contributed by atoms with Crippen LogP contribution in [0.15, 0.2) is 71.2 Å². The number of ether oxygens (including phenoxy) is 1. The van der Waals surface area contributed by atoms with Crippen molar-refractivity contribution < 1.29 is 9.84 Å². The van der Waals surface area contributed by atoms with Gasteiger partial charge in [0.1, 0.15) is 11.5 Å². The Balaban J connectivity index is 1.65. The molecule has 0 bridgehead atoms. The number of halogens is 2. The van der Waals surface area contributed by atoms with E-state index in [9.17, 15) is 5.11 Å². The van der Waals surface area contributed by atoms with Crippen LogP contribution in [-0.2, 0) is 6.54 Å². The third-order valence-electron chi connectivity index (χ3n) is 5.65. The molecule has 0 aromatic heterocycles. The van der Waals surface area contributed by atoms with Gasteiger partial charge in [-0.1, -0.05) is 57.9 Å². The van der Waals surface area contributed by atoms with E-state index in [4.69, 9.17) is 16.3 Å². The van der Waals surface area contributed by atoms with Crippen molar-refractivity contribution in [2.45, 2.75) is 18.4 Å². The molecule has 5 heteroatoms. The van der Waals surface area contributed by atoms with Gasteiger partial charge in [-0.25, -0.2) is 0 Å².